The van der Waals surface area contributed by atoms with Gasteiger partial charge in [-0.05, 0) is 37.1 Å². The molecule has 0 bridgehead atoms. The summed E-state index contributed by atoms with van der Waals surface area (Å²) in [6.45, 7) is 8.45. The van der Waals surface area contributed by atoms with E-state index in [-0.39, 0.29) is 0 Å². The molecule has 1 aromatic carbocycles. The first-order chi connectivity index (χ1) is 9.47. The van der Waals surface area contributed by atoms with E-state index in [0.717, 1.165) is 34.6 Å². The lowest BCUT2D eigenvalue weighted by atomic mass is 10.1. The Balaban J connectivity index is 2.85. The molecule has 0 unspecified atom stereocenters. The first-order valence-corrected chi connectivity index (χ1v) is 7.56. The summed E-state index contributed by atoms with van der Waals surface area (Å²) in [5.41, 5.74) is 2.37. The molecule has 0 atom stereocenters. The third-order valence-corrected chi connectivity index (χ3v) is 3.55. The molecular formula is C16H24BrNO2. The lowest BCUT2D eigenvalue weighted by Gasteiger charge is -2.11. The predicted molar refractivity (Wildman–Crippen MR) is 88.6 cm³/mol. The fraction of sp³-hybridized carbons (Fsp3) is 0.500. The highest BCUT2D eigenvalue weighted by molar-refractivity contribution is 9.10. The van der Waals surface area contributed by atoms with Crippen LogP contribution in [0.5, 0.6) is 11.5 Å². The maximum absolute atomic E-state index is 5.34. The molecular weight excluding hydrogens is 318 g/mol. The van der Waals surface area contributed by atoms with Crippen molar-refractivity contribution in [2.75, 3.05) is 27.3 Å². The van der Waals surface area contributed by atoms with Gasteiger partial charge in [-0.2, -0.15) is 0 Å². The van der Waals surface area contributed by atoms with Crippen LogP contribution >= 0.6 is 15.9 Å². The van der Waals surface area contributed by atoms with E-state index in [1.165, 1.54) is 5.57 Å². The van der Waals surface area contributed by atoms with Crippen molar-refractivity contribution in [2.45, 2.75) is 20.8 Å². The molecule has 0 radical (unpaired) electrons. The highest BCUT2D eigenvalue weighted by Gasteiger charge is 2.08. The molecule has 1 aromatic rings. The van der Waals surface area contributed by atoms with Gasteiger partial charge in [-0.25, -0.2) is 0 Å². The lowest BCUT2D eigenvalue weighted by molar-refractivity contribution is 0.354. The van der Waals surface area contributed by atoms with Crippen LogP contribution in [0.4, 0.5) is 0 Å². The monoisotopic (exact) mass is 341 g/mol. The first-order valence-electron chi connectivity index (χ1n) is 6.77. The van der Waals surface area contributed by atoms with Crippen molar-refractivity contribution in [3.63, 3.8) is 0 Å². The van der Waals surface area contributed by atoms with Crippen molar-refractivity contribution in [3.8, 4) is 11.5 Å². The molecule has 1 N–H and O–H groups in total. The lowest BCUT2D eigenvalue weighted by Crippen LogP contribution is -2.21. The van der Waals surface area contributed by atoms with Gasteiger partial charge in [0.05, 0.1) is 14.2 Å². The van der Waals surface area contributed by atoms with Crippen LogP contribution in [0.2, 0.25) is 0 Å². The van der Waals surface area contributed by atoms with Gasteiger partial charge in [-0.3, -0.25) is 0 Å². The molecule has 0 fully saturated rings. The van der Waals surface area contributed by atoms with Gasteiger partial charge < -0.3 is 14.8 Å². The minimum atomic E-state index is 0.663. The van der Waals surface area contributed by atoms with E-state index < -0.39 is 0 Å². The first kappa shape index (κ1) is 17.1. The molecule has 1 rings (SSSR count). The van der Waals surface area contributed by atoms with Crippen molar-refractivity contribution in [1.29, 1.82) is 0 Å². The van der Waals surface area contributed by atoms with Crippen molar-refractivity contribution >= 4 is 22.0 Å². The second-order valence-corrected chi connectivity index (χ2v) is 6.10. The number of hydrogen-bond donors (Lipinski definition) is 1. The maximum Gasteiger partial charge on any atom is 0.161 e. The second-order valence-electron chi connectivity index (χ2n) is 5.24. The van der Waals surface area contributed by atoms with Gasteiger partial charge in [-0.1, -0.05) is 41.4 Å². The average Bonchev–Trinajstić information content (AvgIpc) is 2.40. The number of ether oxygens (including phenoxy) is 2. The minimum Gasteiger partial charge on any atom is -0.493 e. The molecule has 3 nitrogen and oxygen atoms in total. The van der Waals surface area contributed by atoms with Crippen molar-refractivity contribution in [1.82, 2.24) is 5.32 Å². The zero-order valence-electron chi connectivity index (χ0n) is 12.9. The Morgan fingerprint density at radius 2 is 1.85 bits per heavy atom. The van der Waals surface area contributed by atoms with Gasteiger partial charge in [0.2, 0.25) is 0 Å². The van der Waals surface area contributed by atoms with Crippen LogP contribution in [-0.4, -0.2) is 27.3 Å². The molecule has 0 saturated heterocycles. The van der Waals surface area contributed by atoms with Gasteiger partial charge in [0.25, 0.3) is 0 Å². The highest BCUT2D eigenvalue weighted by atomic mass is 79.9. The highest BCUT2D eigenvalue weighted by Crippen LogP contribution is 2.34. The summed E-state index contributed by atoms with van der Waals surface area (Å²) in [5.74, 6) is 2.13. The summed E-state index contributed by atoms with van der Waals surface area (Å²) in [7, 11) is 3.29. The fourth-order valence-electron chi connectivity index (χ4n) is 1.86. The summed E-state index contributed by atoms with van der Waals surface area (Å²) in [6, 6.07) is 3.91. The predicted octanol–water partition coefficient (Wildman–Crippen LogP) is 4.12. The Morgan fingerprint density at radius 3 is 2.40 bits per heavy atom. The van der Waals surface area contributed by atoms with Gasteiger partial charge in [0, 0.05) is 11.0 Å². The van der Waals surface area contributed by atoms with Crippen LogP contribution in [0.1, 0.15) is 26.3 Å². The van der Waals surface area contributed by atoms with Crippen molar-refractivity contribution in [3.05, 3.63) is 27.7 Å². The number of nitrogens with one attached hydrogen (secondary N) is 1. The summed E-state index contributed by atoms with van der Waals surface area (Å²) >= 11 is 3.57. The van der Waals surface area contributed by atoms with Crippen LogP contribution in [0, 0.1) is 5.92 Å². The standard InChI is InChI=1S/C16H24BrNO2/c1-11(2)9-18-10-12(3)6-13-7-15(19-4)16(20-5)8-14(13)17/h6-8,11,18H,9-10H2,1-5H3. The number of benzene rings is 1. The topological polar surface area (TPSA) is 30.5 Å². The van der Waals surface area contributed by atoms with Gasteiger partial charge in [0.15, 0.2) is 11.5 Å². The van der Waals surface area contributed by atoms with E-state index >= 15 is 0 Å². The summed E-state index contributed by atoms with van der Waals surface area (Å²) in [5, 5.41) is 3.44. The Morgan fingerprint density at radius 1 is 1.25 bits per heavy atom. The van der Waals surface area contributed by atoms with Gasteiger partial charge >= 0.3 is 0 Å². The van der Waals surface area contributed by atoms with Crippen LogP contribution in [0.3, 0.4) is 0 Å². The maximum atomic E-state index is 5.34. The molecule has 4 heteroatoms. The second kappa shape index (κ2) is 8.32. The molecule has 112 valence electrons. The largest absolute Gasteiger partial charge is 0.493 e. The molecule has 0 spiro atoms. The molecule has 0 amide bonds. The zero-order chi connectivity index (χ0) is 15.1. The van der Waals surface area contributed by atoms with Crippen molar-refractivity contribution in [2.24, 2.45) is 5.92 Å². The van der Waals surface area contributed by atoms with Crippen LogP contribution in [0.25, 0.3) is 6.08 Å². The van der Waals surface area contributed by atoms with E-state index in [0.29, 0.717) is 5.92 Å². The molecule has 0 saturated carbocycles. The zero-order valence-corrected chi connectivity index (χ0v) is 14.5. The van der Waals surface area contributed by atoms with Gasteiger partial charge in [-0.15, -0.1) is 0 Å². The third kappa shape index (κ3) is 5.17. The Hall–Kier alpha value is -1.00. The van der Waals surface area contributed by atoms with E-state index in [4.69, 9.17) is 9.47 Å². The Kier molecular flexibility index (Phi) is 7.10. The van der Waals surface area contributed by atoms with Crippen molar-refractivity contribution < 1.29 is 9.47 Å². The fourth-order valence-corrected chi connectivity index (χ4v) is 2.29. The van der Waals surface area contributed by atoms with E-state index in [2.05, 4.69) is 48.1 Å². The molecule has 0 heterocycles. The van der Waals surface area contributed by atoms with Gasteiger partial charge in [0.1, 0.15) is 0 Å². The smallest absolute Gasteiger partial charge is 0.161 e. The average molecular weight is 342 g/mol. The number of methoxy groups -OCH3 is 2. The number of halogens is 1. The Bertz CT molecular complexity index is 470. The minimum absolute atomic E-state index is 0.663. The van der Waals surface area contributed by atoms with E-state index in [9.17, 15) is 0 Å². The van der Waals surface area contributed by atoms with Crippen LogP contribution in [0.15, 0.2) is 22.2 Å². The van der Waals surface area contributed by atoms with Crippen LogP contribution < -0.4 is 14.8 Å². The normalized spacial score (nSPS) is 11.8. The molecule has 0 aromatic heterocycles. The Labute approximate surface area is 130 Å². The summed E-state index contributed by atoms with van der Waals surface area (Å²) in [4.78, 5) is 0. The SMILES string of the molecule is COc1cc(Br)c(C=C(C)CNCC(C)C)cc1OC. The van der Waals surface area contributed by atoms with E-state index in [1.54, 1.807) is 14.2 Å². The quantitative estimate of drug-likeness (QED) is 0.809. The van der Waals surface area contributed by atoms with E-state index in [1.807, 2.05) is 12.1 Å². The van der Waals surface area contributed by atoms with Crippen LogP contribution in [-0.2, 0) is 0 Å². The summed E-state index contributed by atoms with van der Waals surface area (Å²) in [6.07, 6.45) is 2.15. The summed E-state index contributed by atoms with van der Waals surface area (Å²) < 4.78 is 11.6. The molecule has 0 aliphatic rings. The number of hydrogen-bond acceptors (Lipinski definition) is 3. The third-order valence-electron chi connectivity index (χ3n) is 2.86. The molecule has 20 heavy (non-hydrogen) atoms. The molecule has 0 aliphatic carbocycles. The number of rotatable bonds is 7. The molecule has 0 aliphatic heterocycles.